The number of carbonyl (C=O) groups is 1. The maximum atomic E-state index is 12.8. The second-order valence-electron chi connectivity index (χ2n) is 7.71. The lowest BCUT2D eigenvalue weighted by atomic mass is 9.97. The summed E-state index contributed by atoms with van der Waals surface area (Å²) < 4.78 is 27.1. The average molecular weight is 467 g/mol. The van der Waals surface area contributed by atoms with Crippen LogP contribution in [-0.2, 0) is 14.8 Å². The van der Waals surface area contributed by atoms with Crippen molar-refractivity contribution < 1.29 is 13.2 Å². The van der Waals surface area contributed by atoms with Crippen LogP contribution in [0.5, 0.6) is 0 Å². The SMILES string of the molecule is Cc1ccc(S(=O)(=O)N2CCC(C(=O)Nc3nc(-c4ccc(C#N)cc4)cs3)CC2)cc1. The number of thiazole rings is 1. The van der Waals surface area contributed by atoms with Gasteiger partial charge in [-0.3, -0.25) is 4.79 Å². The van der Waals surface area contributed by atoms with Crippen molar-refractivity contribution in [3.8, 4) is 17.3 Å². The fourth-order valence-electron chi connectivity index (χ4n) is 3.60. The molecule has 32 heavy (non-hydrogen) atoms. The fraction of sp³-hybridized carbons (Fsp3) is 0.261. The van der Waals surface area contributed by atoms with Gasteiger partial charge in [0.05, 0.1) is 22.2 Å². The van der Waals surface area contributed by atoms with Gasteiger partial charge in [-0.25, -0.2) is 13.4 Å². The molecule has 2 heterocycles. The predicted molar refractivity (Wildman–Crippen MR) is 124 cm³/mol. The smallest absolute Gasteiger partial charge is 0.243 e. The Labute approximate surface area is 191 Å². The third-order valence-corrected chi connectivity index (χ3v) is 8.20. The monoisotopic (exact) mass is 466 g/mol. The van der Waals surface area contributed by atoms with Crippen molar-refractivity contribution in [1.82, 2.24) is 9.29 Å². The first-order valence-electron chi connectivity index (χ1n) is 10.2. The standard InChI is InChI=1S/C23H22N4O3S2/c1-16-2-8-20(9-3-16)32(29,30)27-12-10-19(11-13-27)22(28)26-23-25-21(15-31-23)18-6-4-17(14-24)5-7-18/h2-9,15,19H,10-13H2,1H3,(H,25,26,28). The molecular formula is C23H22N4O3S2. The molecule has 1 amide bonds. The van der Waals surface area contributed by atoms with Gasteiger partial charge in [-0.15, -0.1) is 11.3 Å². The van der Waals surface area contributed by atoms with Gasteiger partial charge in [0.25, 0.3) is 0 Å². The van der Waals surface area contributed by atoms with Crippen molar-refractivity contribution in [1.29, 1.82) is 5.26 Å². The van der Waals surface area contributed by atoms with Crippen LogP contribution in [0.25, 0.3) is 11.3 Å². The number of nitrogens with zero attached hydrogens (tertiary/aromatic N) is 3. The Morgan fingerprint density at radius 1 is 1.12 bits per heavy atom. The van der Waals surface area contributed by atoms with Crippen molar-refractivity contribution in [2.24, 2.45) is 5.92 Å². The molecule has 1 aliphatic rings. The zero-order valence-corrected chi connectivity index (χ0v) is 19.1. The maximum absolute atomic E-state index is 12.8. The number of aromatic nitrogens is 1. The van der Waals surface area contributed by atoms with Crippen LogP contribution in [0.2, 0.25) is 0 Å². The largest absolute Gasteiger partial charge is 0.302 e. The van der Waals surface area contributed by atoms with Crippen molar-refractivity contribution in [3.63, 3.8) is 0 Å². The highest BCUT2D eigenvalue weighted by molar-refractivity contribution is 7.89. The molecule has 0 bridgehead atoms. The number of nitriles is 1. The molecule has 0 radical (unpaired) electrons. The van der Waals surface area contributed by atoms with E-state index in [0.717, 1.165) is 16.8 Å². The van der Waals surface area contributed by atoms with Gasteiger partial charge >= 0.3 is 0 Å². The van der Waals surface area contributed by atoms with Crippen LogP contribution in [0.4, 0.5) is 5.13 Å². The Hall–Kier alpha value is -3.06. The molecule has 1 aliphatic heterocycles. The number of hydrogen-bond donors (Lipinski definition) is 1. The summed E-state index contributed by atoms with van der Waals surface area (Å²) in [5.74, 6) is -0.403. The number of aryl methyl sites for hydroxylation is 1. The number of hydrogen-bond acceptors (Lipinski definition) is 6. The Kier molecular flexibility index (Phi) is 6.37. The van der Waals surface area contributed by atoms with Crippen LogP contribution in [-0.4, -0.2) is 36.7 Å². The van der Waals surface area contributed by atoms with Gasteiger partial charge in [0.15, 0.2) is 5.13 Å². The van der Waals surface area contributed by atoms with E-state index >= 15 is 0 Å². The molecule has 0 unspecified atom stereocenters. The van der Waals surface area contributed by atoms with Crippen LogP contribution in [0.15, 0.2) is 58.8 Å². The zero-order chi connectivity index (χ0) is 22.7. The zero-order valence-electron chi connectivity index (χ0n) is 17.5. The molecule has 2 aromatic carbocycles. The number of nitrogens with one attached hydrogen (secondary N) is 1. The Balaban J connectivity index is 1.35. The van der Waals surface area contributed by atoms with Crippen LogP contribution in [0, 0.1) is 24.2 Å². The molecule has 0 atom stereocenters. The number of piperidine rings is 1. The van der Waals surface area contributed by atoms with Crippen molar-refractivity contribution in [2.75, 3.05) is 18.4 Å². The highest BCUT2D eigenvalue weighted by Crippen LogP contribution is 2.28. The van der Waals surface area contributed by atoms with Crippen LogP contribution < -0.4 is 5.32 Å². The molecule has 164 valence electrons. The molecule has 9 heteroatoms. The van der Waals surface area contributed by atoms with Gasteiger partial charge in [0, 0.05) is 30.0 Å². The van der Waals surface area contributed by atoms with Gasteiger partial charge in [-0.05, 0) is 44.0 Å². The number of amides is 1. The lowest BCUT2D eigenvalue weighted by Crippen LogP contribution is -2.41. The summed E-state index contributed by atoms with van der Waals surface area (Å²) in [5.41, 5.74) is 3.18. The molecule has 4 rings (SSSR count). The van der Waals surface area contributed by atoms with Gasteiger partial charge in [-0.1, -0.05) is 29.8 Å². The van der Waals surface area contributed by atoms with Gasteiger partial charge in [0.1, 0.15) is 0 Å². The van der Waals surface area contributed by atoms with E-state index in [2.05, 4.69) is 16.4 Å². The molecule has 1 saturated heterocycles. The van der Waals surface area contributed by atoms with Crippen LogP contribution in [0.3, 0.4) is 0 Å². The first kappa shape index (κ1) is 22.1. The number of sulfonamides is 1. The molecular weight excluding hydrogens is 444 g/mol. The van der Waals surface area contributed by atoms with Gasteiger partial charge < -0.3 is 5.32 Å². The summed E-state index contributed by atoms with van der Waals surface area (Å²) in [6, 6.07) is 16.0. The summed E-state index contributed by atoms with van der Waals surface area (Å²) in [7, 11) is -3.55. The van der Waals surface area contributed by atoms with Crippen LogP contribution >= 0.6 is 11.3 Å². The lowest BCUT2D eigenvalue weighted by Gasteiger charge is -2.30. The summed E-state index contributed by atoms with van der Waals surface area (Å²) in [6.45, 7) is 2.53. The molecule has 1 aromatic heterocycles. The Morgan fingerprint density at radius 2 is 1.78 bits per heavy atom. The molecule has 7 nitrogen and oxygen atoms in total. The second kappa shape index (κ2) is 9.20. The Morgan fingerprint density at radius 3 is 2.41 bits per heavy atom. The summed E-state index contributed by atoms with van der Waals surface area (Å²) in [5, 5.41) is 14.1. The number of rotatable bonds is 5. The molecule has 0 aliphatic carbocycles. The molecule has 0 saturated carbocycles. The summed E-state index contributed by atoms with van der Waals surface area (Å²) in [4.78, 5) is 17.5. The second-order valence-corrected chi connectivity index (χ2v) is 10.5. The summed E-state index contributed by atoms with van der Waals surface area (Å²) in [6.07, 6.45) is 0.926. The average Bonchev–Trinajstić information content (AvgIpc) is 3.28. The van der Waals surface area contributed by atoms with E-state index in [0.29, 0.717) is 36.6 Å². The maximum Gasteiger partial charge on any atom is 0.243 e. The molecule has 3 aromatic rings. The van der Waals surface area contributed by atoms with Crippen molar-refractivity contribution >= 4 is 32.4 Å². The molecule has 0 spiro atoms. The lowest BCUT2D eigenvalue weighted by molar-refractivity contribution is -0.120. The van der Waals surface area contributed by atoms with E-state index in [1.165, 1.54) is 15.6 Å². The highest BCUT2D eigenvalue weighted by atomic mass is 32.2. The van der Waals surface area contributed by atoms with Gasteiger partial charge in [0.2, 0.25) is 15.9 Å². The van der Waals surface area contributed by atoms with Crippen molar-refractivity contribution in [3.05, 3.63) is 65.0 Å². The first-order valence-corrected chi connectivity index (χ1v) is 12.5. The van der Waals surface area contributed by atoms with E-state index in [1.807, 2.05) is 24.4 Å². The number of benzene rings is 2. The quantitative estimate of drug-likeness (QED) is 0.611. The number of carbonyl (C=O) groups excluding carboxylic acids is 1. The van der Waals surface area contributed by atoms with Crippen LogP contribution in [0.1, 0.15) is 24.0 Å². The highest BCUT2D eigenvalue weighted by Gasteiger charge is 2.32. The normalized spacial score (nSPS) is 15.2. The predicted octanol–water partition coefficient (Wildman–Crippen LogP) is 4.03. The topological polar surface area (TPSA) is 103 Å². The Bertz CT molecular complexity index is 1250. The minimum atomic E-state index is -3.55. The minimum Gasteiger partial charge on any atom is -0.302 e. The van der Waals surface area contributed by atoms with E-state index in [4.69, 9.17) is 5.26 Å². The van der Waals surface area contributed by atoms with Gasteiger partial charge in [-0.2, -0.15) is 9.57 Å². The first-order chi connectivity index (χ1) is 15.4. The number of anilines is 1. The third-order valence-electron chi connectivity index (χ3n) is 5.53. The van der Waals surface area contributed by atoms with E-state index in [1.54, 1.807) is 36.4 Å². The summed E-state index contributed by atoms with van der Waals surface area (Å²) >= 11 is 1.34. The molecule has 1 fully saturated rings. The van der Waals surface area contributed by atoms with E-state index < -0.39 is 10.0 Å². The molecule has 1 N–H and O–H groups in total. The van der Waals surface area contributed by atoms with Crippen molar-refractivity contribution in [2.45, 2.75) is 24.7 Å². The minimum absolute atomic E-state index is 0.141. The van der Waals surface area contributed by atoms with E-state index in [-0.39, 0.29) is 16.7 Å². The third kappa shape index (κ3) is 4.72. The fourth-order valence-corrected chi connectivity index (χ4v) is 5.80. The van der Waals surface area contributed by atoms with E-state index in [9.17, 15) is 13.2 Å².